The predicted molar refractivity (Wildman–Crippen MR) is 56.6 cm³/mol. The van der Waals surface area contributed by atoms with Crippen molar-refractivity contribution >= 4 is 5.97 Å². The quantitative estimate of drug-likeness (QED) is 0.559. The number of esters is 1. The summed E-state index contributed by atoms with van der Waals surface area (Å²) in [4.78, 5) is 11.2. The smallest absolute Gasteiger partial charge is 0.322 e. The number of hydrogen-bond acceptors (Lipinski definition) is 5. The molecule has 0 bridgehead atoms. The summed E-state index contributed by atoms with van der Waals surface area (Å²) >= 11 is 0. The zero-order valence-electron chi connectivity index (χ0n) is 9.66. The van der Waals surface area contributed by atoms with Crippen LogP contribution in [0.15, 0.2) is 0 Å². The van der Waals surface area contributed by atoms with E-state index >= 15 is 0 Å². The van der Waals surface area contributed by atoms with Gasteiger partial charge in [0.1, 0.15) is 6.04 Å². The average molecular weight is 219 g/mol. The van der Waals surface area contributed by atoms with Crippen LogP contribution in [0.3, 0.4) is 0 Å². The van der Waals surface area contributed by atoms with E-state index in [4.69, 9.17) is 9.47 Å². The van der Waals surface area contributed by atoms with Gasteiger partial charge in [-0.1, -0.05) is 0 Å². The van der Waals surface area contributed by atoms with Gasteiger partial charge in [0.25, 0.3) is 0 Å². The number of aliphatic hydroxyl groups excluding tert-OH is 1. The molecule has 0 spiro atoms. The van der Waals surface area contributed by atoms with Gasteiger partial charge in [-0.25, -0.2) is 0 Å². The van der Waals surface area contributed by atoms with E-state index in [-0.39, 0.29) is 12.0 Å². The molecule has 0 amide bonds. The first-order valence-electron chi connectivity index (χ1n) is 5.18. The molecule has 15 heavy (non-hydrogen) atoms. The van der Waals surface area contributed by atoms with Gasteiger partial charge in [-0.05, 0) is 26.8 Å². The maximum Gasteiger partial charge on any atom is 0.322 e. The van der Waals surface area contributed by atoms with Crippen LogP contribution in [-0.2, 0) is 14.3 Å². The molecule has 0 radical (unpaired) electrons. The zero-order chi connectivity index (χ0) is 11.7. The Labute approximate surface area is 90.8 Å². The van der Waals surface area contributed by atoms with E-state index in [0.29, 0.717) is 26.2 Å². The third-order valence-corrected chi connectivity index (χ3v) is 1.93. The Morgan fingerprint density at radius 1 is 1.53 bits per heavy atom. The van der Waals surface area contributed by atoms with Crippen LogP contribution < -0.4 is 5.32 Å². The van der Waals surface area contributed by atoms with Crippen molar-refractivity contribution in [2.45, 2.75) is 32.4 Å². The number of carbonyl (C=O) groups is 1. The van der Waals surface area contributed by atoms with Gasteiger partial charge >= 0.3 is 5.97 Å². The van der Waals surface area contributed by atoms with Crippen LogP contribution in [-0.4, -0.2) is 50.1 Å². The van der Waals surface area contributed by atoms with Gasteiger partial charge in [0.15, 0.2) is 0 Å². The minimum Gasteiger partial charge on any atom is -0.465 e. The van der Waals surface area contributed by atoms with Crippen LogP contribution in [0.1, 0.15) is 20.3 Å². The second kappa shape index (κ2) is 8.64. The average Bonchev–Trinajstić information content (AvgIpc) is 2.18. The lowest BCUT2D eigenvalue weighted by Crippen LogP contribution is -2.37. The molecule has 90 valence electrons. The summed E-state index contributed by atoms with van der Waals surface area (Å²) in [6.45, 7) is 4.77. The van der Waals surface area contributed by atoms with Crippen molar-refractivity contribution in [3.63, 3.8) is 0 Å². The van der Waals surface area contributed by atoms with Gasteiger partial charge in [-0.2, -0.15) is 0 Å². The second-order valence-corrected chi connectivity index (χ2v) is 3.33. The van der Waals surface area contributed by atoms with E-state index < -0.39 is 6.10 Å². The van der Waals surface area contributed by atoms with Crippen LogP contribution >= 0.6 is 0 Å². The highest BCUT2D eigenvalue weighted by Gasteiger charge is 2.13. The lowest BCUT2D eigenvalue weighted by Gasteiger charge is -2.14. The Morgan fingerprint density at radius 3 is 2.73 bits per heavy atom. The fraction of sp³-hybridized carbons (Fsp3) is 0.900. The van der Waals surface area contributed by atoms with E-state index in [1.54, 1.807) is 13.8 Å². The molecule has 0 aromatic carbocycles. The molecule has 2 N–H and O–H groups in total. The molecule has 0 aliphatic carbocycles. The van der Waals surface area contributed by atoms with Crippen molar-refractivity contribution in [2.24, 2.45) is 0 Å². The predicted octanol–water partition coefficient (Wildman–Crippen LogP) is -0.0750. The highest BCUT2D eigenvalue weighted by molar-refractivity contribution is 5.75. The summed E-state index contributed by atoms with van der Waals surface area (Å²) in [5.74, 6) is -0.265. The number of nitrogens with one attached hydrogen (secondary N) is 1. The molecule has 0 aromatic rings. The summed E-state index contributed by atoms with van der Waals surface area (Å²) in [7, 11) is 1.54. The van der Waals surface area contributed by atoms with Crippen LogP contribution in [0.5, 0.6) is 0 Å². The molecule has 0 saturated heterocycles. The van der Waals surface area contributed by atoms with Gasteiger partial charge in [0.05, 0.1) is 19.3 Å². The molecule has 0 saturated carbocycles. The van der Waals surface area contributed by atoms with E-state index in [9.17, 15) is 9.90 Å². The largest absolute Gasteiger partial charge is 0.465 e. The first-order chi connectivity index (χ1) is 7.11. The number of hydrogen-bond donors (Lipinski definition) is 2. The Morgan fingerprint density at radius 2 is 2.20 bits per heavy atom. The summed E-state index contributed by atoms with van der Waals surface area (Å²) in [5.41, 5.74) is 0. The molecule has 2 atom stereocenters. The lowest BCUT2D eigenvalue weighted by molar-refractivity contribution is -0.145. The highest BCUT2D eigenvalue weighted by atomic mass is 16.5. The highest BCUT2D eigenvalue weighted by Crippen LogP contribution is 1.93. The van der Waals surface area contributed by atoms with E-state index in [2.05, 4.69) is 5.32 Å². The van der Waals surface area contributed by atoms with Crippen molar-refractivity contribution in [3.05, 3.63) is 0 Å². The fourth-order valence-electron chi connectivity index (χ4n) is 1.09. The van der Waals surface area contributed by atoms with Crippen LogP contribution in [0.4, 0.5) is 0 Å². The SMILES string of the molecule is CCOC(=O)C(C)NCCC(O)COC. The first kappa shape index (κ1) is 14.3. The molecular formula is C10H21NO4. The second-order valence-electron chi connectivity index (χ2n) is 3.33. The number of carbonyl (C=O) groups excluding carboxylic acids is 1. The molecule has 0 heterocycles. The van der Waals surface area contributed by atoms with Crippen molar-refractivity contribution in [3.8, 4) is 0 Å². The van der Waals surface area contributed by atoms with Crippen LogP contribution in [0, 0.1) is 0 Å². The van der Waals surface area contributed by atoms with Crippen molar-refractivity contribution in [2.75, 3.05) is 26.9 Å². The third kappa shape index (κ3) is 7.30. The van der Waals surface area contributed by atoms with Gasteiger partial charge < -0.3 is 19.9 Å². The molecule has 0 rings (SSSR count). The Balaban J connectivity index is 3.53. The summed E-state index contributed by atoms with van der Waals surface area (Å²) in [5, 5.41) is 12.3. The standard InChI is InChI=1S/C10H21NO4/c1-4-15-10(13)8(2)11-6-5-9(12)7-14-3/h8-9,11-12H,4-7H2,1-3H3. The molecule has 0 aliphatic rings. The fourth-order valence-corrected chi connectivity index (χ4v) is 1.09. The molecule has 5 nitrogen and oxygen atoms in total. The number of aliphatic hydroxyl groups is 1. The topological polar surface area (TPSA) is 67.8 Å². The summed E-state index contributed by atoms with van der Waals surface area (Å²) in [6, 6.07) is -0.334. The minimum atomic E-state index is -0.489. The maximum absolute atomic E-state index is 11.2. The van der Waals surface area contributed by atoms with Crippen LogP contribution in [0.2, 0.25) is 0 Å². The van der Waals surface area contributed by atoms with Gasteiger partial charge in [-0.3, -0.25) is 4.79 Å². The lowest BCUT2D eigenvalue weighted by atomic mass is 10.2. The zero-order valence-corrected chi connectivity index (χ0v) is 9.66. The molecule has 2 unspecified atom stereocenters. The van der Waals surface area contributed by atoms with Crippen molar-refractivity contribution in [1.82, 2.24) is 5.32 Å². The minimum absolute atomic E-state index is 0.265. The van der Waals surface area contributed by atoms with Gasteiger partial charge in [-0.15, -0.1) is 0 Å². The normalized spacial score (nSPS) is 14.7. The maximum atomic E-state index is 11.2. The Bertz CT molecular complexity index is 175. The van der Waals surface area contributed by atoms with E-state index in [1.165, 1.54) is 7.11 Å². The number of methoxy groups -OCH3 is 1. The van der Waals surface area contributed by atoms with Gasteiger partial charge in [0.2, 0.25) is 0 Å². The molecule has 5 heteroatoms. The van der Waals surface area contributed by atoms with E-state index in [1.807, 2.05) is 0 Å². The Hall–Kier alpha value is -0.650. The molecule has 0 fully saturated rings. The molecular weight excluding hydrogens is 198 g/mol. The van der Waals surface area contributed by atoms with Crippen molar-refractivity contribution in [1.29, 1.82) is 0 Å². The summed E-state index contributed by atoms with van der Waals surface area (Å²) < 4.78 is 9.60. The first-order valence-corrected chi connectivity index (χ1v) is 5.18. The number of ether oxygens (including phenoxy) is 2. The van der Waals surface area contributed by atoms with Crippen molar-refractivity contribution < 1.29 is 19.4 Å². The monoisotopic (exact) mass is 219 g/mol. The van der Waals surface area contributed by atoms with Gasteiger partial charge in [0, 0.05) is 7.11 Å². The molecule has 0 aliphatic heterocycles. The molecule has 0 aromatic heterocycles. The summed E-state index contributed by atoms with van der Waals surface area (Å²) in [6.07, 6.45) is 0.0642. The van der Waals surface area contributed by atoms with E-state index in [0.717, 1.165) is 0 Å². The third-order valence-electron chi connectivity index (χ3n) is 1.93. The van der Waals surface area contributed by atoms with Crippen LogP contribution in [0.25, 0.3) is 0 Å². The number of rotatable bonds is 8. The Kier molecular flexibility index (Phi) is 8.27.